The summed E-state index contributed by atoms with van der Waals surface area (Å²) in [5.41, 5.74) is 22.6. The maximum absolute atomic E-state index is 14.5. The number of carbonyl (C=O) groups is 10. The topological polar surface area (TPSA) is 461 Å². The normalized spacial score (nSPS) is 14.3. The van der Waals surface area contributed by atoms with Gasteiger partial charge in [0.1, 0.15) is 12.1 Å². The van der Waals surface area contributed by atoms with Gasteiger partial charge in [0.25, 0.3) is 0 Å². The minimum Gasteiger partial charge on any atom is -0.481 e. The summed E-state index contributed by atoms with van der Waals surface area (Å²) >= 11 is 0. The first-order valence-corrected chi connectivity index (χ1v) is 30.8. The van der Waals surface area contributed by atoms with Gasteiger partial charge in [-0.1, -0.05) is 115 Å². The van der Waals surface area contributed by atoms with Gasteiger partial charge in [-0.05, 0) is 76.7 Å². The predicted octanol–water partition coefficient (Wildman–Crippen LogP) is 1.42. The largest absolute Gasteiger partial charge is 0.481 e. The van der Waals surface area contributed by atoms with Crippen molar-refractivity contribution in [3.05, 3.63) is 35.9 Å². The second kappa shape index (κ2) is 45.4. The number of nitrogens with two attached hydrogens (primary N) is 4. The van der Waals surface area contributed by atoms with Crippen LogP contribution >= 0.6 is 0 Å². The van der Waals surface area contributed by atoms with Crippen molar-refractivity contribution >= 4 is 70.6 Å². The van der Waals surface area contributed by atoms with E-state index >= 15 is 0 Å². The van der Waals surface area contributed by atoms with Crippen molar-refractivity contribution in [3.8, 4) is 0 Å². The van der Waals surface area contributed by atoms with Crippen LogP contribution in [-0.2, 0) is 54.4 Å². The molecule has 0 fully saturated rings. The van der Waals surface area contributed by atoms with Crippen LogP contribution in [-0.4, -0.2) is 165 Å². The molecule has 0 saturated carbocycles. The molecule has 87 heavy (non-hydrogen) atoms. The molecule has 1 rings (SSSR count). The van der Waals surface area contributed by atoms with Crippen LogP contribution in [0.1, 0.15) is 181 Å². The molecule has 0 unspecified atom stereocenters. The van der Waals surface area contributed by atoms with Gasteiger partial charge in [0, 0.05) is 63.6 Å². The van der Waals surface area contributed by atoms with Crippen molar-refractivity contribution in [3.63, 3.8) is 0 Å². The Morgan fingerprint density at radius 3 is 1.45 bits per heavy atom. The van der Waals surface area contributed by atoms with E-state index in [2.05, 4.69) is 36.6 Å². The number of nitrogens with one attached hydrogen (secondary N) is 5. The smallest absolute Gasteiger partial charge is 0.303 e. The van der Waals surface area contributed by atoms with Gasteiger partial charge in [0.2, 0.25) is 29.5 Å². The number of aliphatic hydroxyl groups is 4. The quantitative estimate of drug-likeness (QED) is 0.0249. The number of aliphatic imine (C=N–C) groups is 2. The van der Waals surface area contributed by atoms with Crippen LogP contribution < -0.4 is 49.5 Å². The molecule has 0 radical (unpaired) electrons. The van der Waals surface area contributed by atoms with Gasteiger partial charge >= 0.3 is 5.97 Å². The lowest BCUT2D eigenvalue weighted by Crippen LogP contribution is -2.57. The first kappa shape index (κ1) is 78.1. The Balaban J connectivity index is 3.28. The number of aliphatic hydroxyl groups excluding tert-OH is 4. The van der Waals surface area contributed by atoms with Crippen molar-refractivity contribution in [1.29, 1.82) is 0 Å². The number of carboxylic acids is 1. The Morgan fingerprint density at radius 2 is 0.954 bits per heavy atom. The maximum Gasteiger partial charge on any atom is 0.303 e. The third-order valence-electron chi connectivity index (χ3n) is 15.0. The number of benzene rings is 1. The zero-order valence-electron chi connectivity index (χ0n) is 51.7. The number of ketones is 4. The van der Waals surface area contributed by atoms with Gasteiger partial charge in [0.05, 0.1) is 43.4 Å². The molecule has 0 aliphatic carbocycles. The van der Waals surface area contributed by atoms with E-state index in [1.54, 1.807) is 44.2 Å². The molecule has 1 aromatic rings. The van der Waals surface area contributed by atoms with Crippen LogP contribution in [0.4, 0.5) is 0 Å². The fraction of sp³-hybridized carbons (Fsp3) is 0.705. The molecule has 18 N–H and O–H groups in total. The van der Waals surface area contributed by atoms with E-state index in [0.717, 1.165) is 58.3 Å². The molecule has 492 valence electrons. The van der Waals surface area contributed by atoms with Gasteiger partial charge in [-0.3, -0.25) is 57.9 Å². The van der Waals surface area contributed by atoms with Gasteiger partial charge in [-0.2, -0.15) is 0 Å². The lowest BCUT2D eigenvalue weighted by Gasteiger charge is -2.28. The van der Waals surface area contributed by atoms with Crippen molar-refractivity contribution in [2.75, 3.05) is 32.9 Å². The standard InChI is InChI=1S/C61H103N11O15/c1-39(2)54(72-59(87)55(41(4)77)71-52(81)27-19-14-12-10-8-6-5-7-9-11-13-15-20-32-73)51(80)35-44(33-42-23-17-16-18-24-42)57(85)69-47(26-22-31-67-61(64)65)49(78)36-45(37-74)58(86)70-48(38-75)50(79)34-43(25-21-30-66-60(62)63)56(84)68-46(40(3)76)28-29-53(82)83/h16-18,23-24,39,41,43-48,54-55,73-75,77H,5-15,19-22,25-38H2,1-4H3,(H,68,84)(H,69,85)(H,70,86)(H,71,81)(H,72,87)(H,82,83)(H4,62,63,66)(H4,64,65,67)/t41-,43-,44-,45+,46+,47+,48+,54+,55+/m1/s1. The number of aliphatic carboxylic acids is 1. The molecule has 0 aliphatic heterocycles. The number of rotatable bonds is 51. The summed E-state index contributed by atoms with van der Waals surface area (Å²) in [5, 5.41) is 62.4. The number of Topliss-reactive ketones (excluding diaryl/α,β-unsaturated/α-hetero) is 4. The highest BCUT2D eigenvalue weighted by molar-refractivity contribution is 5.98. The maximum atomic E-state index is 14.5. The van der Waals surface area contributed by atoms with Crippen LogP contribution in [0, 0.1) is 23.7 Å². The molecule has 26 heteroatoms. The molecule has 9 atom stereocenters. The average molecular weight is 1230 g/mol. The first-order chi connectivity index (χ1) is 41.3. The van der Waals surface area contributed by atoms with Gasteiger partial charge in [0.15, 0.2) is 35.1 Å². The number of nitrogens with zero attached hydrogens (tertiary/aromatic N) is 2. The van der Waals surface area contributed by atoms with E-state index in [4.69, 9.17) is 33.1 Å². The average Bonchev–Trinajstić information content (AvgIpc) is 2.29. The zero-order valence-corrected chi connectivity index (χ0v) is 51.7. The minimum absolute atomic E-state index is 0.00913. The molecule has 1 aromatic carbocycles. The summed E-state index contributed by atoms with van der Waals surface area (Å²) < 4.78 is 0. The van der Waals surface area contributed by atoms with Crippen LogP contribution in [0.15, 0.2) is 40.3 Å². The number of hydrogen-bond acceptors (Lipinski definition) is 16. The summed E-state index contributed by atoms with van der Waals surface area (Å²) in [6, 6.07) is 1.90. The van der Waals surface area contributed by atoms with Crippen LogP contribution in [0.5, 0.6) is 0 Å². The summed E-state index contributed by atoms with van der Waals surface area (Å²) in [6.07, 6.45) is 10.1. The SMILES string of the molecule is CC(=O)[C@H](CCC(=O)O)NC(=O)[C@H](CCCN=C(N)N)CC(=O)[C@H](CO)NC(=O)[C@H](CO)CC(=O)[C@H](CCCN=C(N)N)NC(=O)[C@@H](CC(=O)[C@@H](NC(=O)[C@@H](NC(=O)CCCCCCCCCCCCCCCO)[C@@H](C)O)C(C)C)Cc1ccccc1. The molecule has 0 aromatic heterocycles. The van der Waals surface area contributed by atoms with Gasteiger partial charge in [-0.15, -0.1) is 0 Å². The van der Waals surface area contributed by atoms with Crippen molar-refractivity contribution in [2.24, 2.45) is 56.6 Å². The number of guanidine groups is 2. The monoisotopic (exact) mass is 1230 g/mol. The summed E-state index contributed by atoms with van der Waals surface area (Å²) in [6.45, 7) is 4.26. The second-order valence-electron chi connectivity index (χ2n) is 22.9. The fourth-order valence-electron chi connectivity index (χ4n) is 9.82. The fourth-order valence-corrected chi connectivity index (χ4v) is 9.82. The highest BCUT2D eigenvalue weighted by atomic mass is 16.4. The summed E-state index contributed by atoms with van der Waals surface area (Å²) in [5.74, 6) is -12.6. The molecule has 0 heterocycles. The highest BCUT2D eigenvalue weighted by Gasteiger charge is 2.36. The van der Waals surface area contributed by atoms with E-state index in [1.165, 1.54) is 32.6 Å². The third kappa shape index (κ3) is 34.9. The van der Waals surface area contributed by atoms with E-state index < -0.39 is 158 Å². The number of carboxylic acid groups (broad SMARTS) is 1. The van der Waals surface area contributed by atoms with E-state index in [9.17, 15) is 63.3 Å². The van der Waals surface area contributed by atoms with E-state index in [0.29, 0.717) is 12.0 Å². The molecule has 0 spiro atoms. The van der Waals surface area contributed by atoms with Gasteiger partial charge in [-0.25, -0.2) is 0 Å². The third-order valence-corrected chi connectivity index (χ3v) is 15.0. The number of unbranched alkanes of at least 4 members (excludes halogenated alkanes) is 12. The molecule has 5 amide bonds. The molecule has 0 saturated heterocycles. The highest BCUT2D eigenvalue weighted by Crippen LogP contribution is 2.21. The van der Waals surface area contributed by atoms with E-state index in [1.807, 2.05) is 0 Å². The molecule has 0 bridgehead atoms. The number of amides is 5. The summed E-state index contributed by atoms with van der Waals surface area (Å²) in [4.78, 5) is 142. The lowest BCUT2D eigenvalue weighted by molar-refractivity contribution is -0.138. The van der Waals surface area contributed by atoms with Crippen LogP contribution in [0.2, 0.25) is 0 Å². The van der Waals surface area contributed by atoms with Gasteiger partial charge < -0.3 is 75.1 Å². The number of hydrogen-bond donors (Lipinski definition) is 14. The summed E-state index contributed by atoms with van der Waals surface area (Å²) in [7, 11) is 0. The Kier molecular flexibility index (Phi) is 40.8. The molecular weight excluding hydrogens is 1130 g/mol. The van der Waals surface area contributed by atoms with E-state index in [-0.39, 0.29) is 76.6 Å². The minimum atomic E-state index is -1.66. The van der Waals surface area contributed by atoms with Crippen LogP contribution in [0.25, 0.3) is 0 Å². The first-order valence-electron chi connectivity index (χ1n) is 30.8. The molecular formula is C61H103N11O15. The predicted molar refractivity (Wildman–Crippen MR) is 329 cm³/mol. The molecule has 0 aliphatic rings. The Hall–Kier alpha value is -6.90. The van der Waals surface area contributed by atoms with Crippen molar-refractivity contribution < 1.29 is 73.5 Å². The second-order valence-corrected chi connectivity index (χ2v) is 22.9. The van der Waals surface area contributed by atoms with Crippen molar-refractivity contribution in [1.82, 2.24) is 26.6 Å². The Bertz CT molecular complexity index is 2330. The molecule has 26 nitrogen and oxygen atoms in total. The Labute approximate surface area is 512 Å². The lowest BCUT2D eigenvalue weighted by atomic mass is 9.87. The zero-order chi connectivity index (χ0) is 65.3. The Morgan fingerprint density at radius 1 is 0.483 bits per heavy atom. The number of carbonyl (C=O) groups excluding carboxylic acids is 9. The van der Waals surface area contributed by atoms with Crippen LogP contribution in [0.3, 0.4) is 0 Å². The van der Waals surface area contributed by atoms with Crippen molar-refractivity contribution in [2.45, 2.75) is 218 Å².